The second-order valence-electron chi connectivity index (χ2n) is 11.5. The van der Waals surface area contributed by atoms with Crippen molar-refractivity contribution in [2.24, 2.45) is 10.8 Å². The average Bonchev–Trinajstić information content (AvgIpc) is 2.88. The first-order valence-electron chi connectivity index (χ1n) is 13.7. The Morgan fingerprint density at radius 2 is 1.62 bits per heavy atom. The number of aliphatic hydroxyl groups is 3. The van der Waals surface area contributed by atoms with Gasteiger partial charge in [-0.25, -0.2) is 4.79 Å². The van der Waals surface area contributed by atoms with Gasteiger partial charge in [-0.3, -0.25) is 0 Å². The topological polar surface area (TPSA) is 99.0 Å². The molecule has 0 spiro atoms. The lowest BCUT2D eigenvalue weighted by Gasteiger charge is -2.42. The first-order chi connectivity index (χ1) is 17.5. The molecule has 0 fully saturated rings. The Bertz CT molecular complexity index is 805. The summed E-state index contributed by atoms with van der Waals surface area (Å²) in [6.45, 7) is 14.3. The van der Waals surface area contributed by atoms with Crippen LogP contribution in [0.4, 0.5) is 0 Å². The highest BCUT2D eigenvalue weighted by Gasteiger charge is 2.44. The van der Waals surface area contributed by atoms with E-state index in [-0.39, 0.29) is 13.2 Å². The number of benzene rings is 1. The van der Waals surface area contributed by atoms with Crippen LogP contribution in [0.15, 0.2) is 55.3 Å². The van der Waals surface area contributed by atoms with Crippen LogP contribution in [0.1, 0.15) is 84.6 Å². The lowest BCUT2D eigenvalue weighted by atomic mass is 9.69. The summed E-state index contributed by atoms with van der Waals surface area (Å²) in [5.41, 5.74) is -0.0184. The second-order valence-corrected chi connectivity index (χ2v) is 11.5. The smallest absolute Gasteiger partial charge is 0.328 e. The molecule has 0 saturated heterocycles. The number of unbranched alkanes of at least 4 members (excludes halogenated alkanes) is 6. The molecule has 0 amide bonds. The fraction of sp³-hybridized carbons (Fsp3) is 0.645. The highest BCUT2D eigenvalue weighted by molar-refractivity contribution is 5.76. The molecule has 4 N–H and O–H groups in total. The van der Waals surface area contributed by atoms with Gasteiger partial charge in [-0.05, 0) is 31.2 Å². The molecule has 0 bridgehead atoms. The summed E-state index contributed by atoms with van der Waals surface area (Å²) in [5, 5.41) is 34.4. The van der Waals surface area contributed by atoms with Crippen molar-refractivity contribution in [2.75, 3.05) is 13.2 Å². The number of rotatable bonds is 20. The number of nitrogens with one attached hydrogen (secondary N) is 1. The maximum absolute atomic E-state index is 13.1. The predicted molar refractivity (Wildman–Crippen MR) is 151 cm³/mol. The van der Waals surface area contributed by atoms with Gasteiger partial charge in [-0.15, -0.1) is 6.58 Å². The molecule has 6 heteroatoms. The number of ether oxygens (including phenoxy) is 1. The standard InChI is InChI=1S/C31H51NO5/c1-7-8-9-10-11-12-13-15-18-24(2)32-26(21-25-19-16-14-17-20-25)28(35)37-22-27(34)31(5,6)29(36)30(3,4)23-33/h7,14,16-17,19-20,26-27,29,32-34,36H,1-2,8-13,15,18,21-23H2,3-6H3. The van der Waals surface area contributed by atoms with E-state index >= 15 is 0 Å². The van der Waals surface area contributed by atoms with E-state index in [9.17, 15) is 20.1 Å². The molecule has 0 aliphatic heterocycles. The van der Waals surface area contributed by atoms with Crippen molar-refractivity contribution >= 4 is 5.97 Å². The van der Waals surface area contributed by atoms with Gasteiger partial charge in [0.25, 0.3) is 0 Å². The zero-order chi connectivity index (χ0) is 27.9. The maximum Gasteiger partial charge on any atom is 0.328 e. The van der Waals surface area contributed by atoms with Crippen molar-refractivity contribution in [1.82, 2.24) is 5.32 Å². The number of carbonyl (C=O) groups excluding carboxylic acids is 1. The Labute approximate surface area is 224 Å². The normalized spacial score (nSPS) is 14.5. The molecule has 0 saturated carbocycles. The molecule has 0 heterocycles. The summed E-state index contributed by atoms with van der Waals surface area (Å²) < 4.78 is 5.54. The minimum absolute atomic E-state index is 0.232. The second kappa shape index (κ2) is 16.6. The van der Waals surface area contributed by atoms with Gasteiger partial charge in [0.15, 0.2) is 0 Å². The van der Waals surface area contributed by atoms with E-state index in [1.165, 1.54) is 25.7 Å². The Morgan fingerprint density at radius 1 is 1.03 bits per heavy atom. The molecule has 3 atom stereocenters. The molecule has 0 aliphatic rings. The molecule has 0 radical (unpaired) electrons. The van der Waals surface area contributed by atoms with Crippen LogP contribution in [0.3, 0.4) is 0 Å². The van der Waals surface area contributed by atoms with Gasteiger partial charge in [0, 0.05) is 22.9 Å². The molecule has 1 rings (SSSR count). The first-order valence-corrected chi connectivity index (χ1v) is 13.7. The molecule has 1 aromatic rings. The Balaban J connectivity index is 2.68. The van der Waals surface area contributed by atoms with Crippen molar-refractivity contribution in [1.29, 1.82) is 0 Å². The zero-order valence-electron chi connectivity index (χ0n) is 23.5. The van der Waals surface area contributed by atoms with Crippen molar-refractivity contribution in [3.63, 3.8) is 0 Å². The number of esters is 1. The van der Waals surface area contributed by atoms with E-state index in [0.29, 0.717) is 6.42 Å². The fourth-order valence-corrected chi connectivity index (χ4v) is 4.45. The third kappa shape index (κ3) is 11.8. The fourth-order valence-electron chi connectivity index (χ4n) is 4.45. The van der Waals surface area contributed by atoms with Crippen molar-refractivity contribution in [2.45, 2.75) is 104 Å². The van der Waals surface area contributed by atoms with Crippen LogP contribution in [0.2, 0.25) is 0 Å². The summed E-state index contributed by atoms with van der Waals surface area (Å²) >= 11 is 0. The first kappa shape index (κ1) is 32.9. The molecular formula is C31H51NO5. The highest BCUT2D eigenvalue weighted by Crippen LogP contribution is 2.36. The molecule has 37 heavy (non-hydrogen) atoms. The van der Waals surface area contributed by atoms with Gasteiger partial charge in [0.05, 0.1) is 18.8 Å². The van der Waals surface area contributed by atoms with Gasteiger partial charge in [0.2, 0.25) is 0 Å². The SMILES string of the molecule is C=CCCCCCCCCC(=C)NC(Cc1ccccc1)C(=O)OCC(O)C(C)(C)C(O)C(C)(C)CO. The number of hydrogen-bond acceptors (Lipinski definition) is 6. The summed E-state index contributed by atoms with van der Waals surface area (Å²) in [6, 6.07) is 9.07. The van der Waals surface area contributed by atoms with E-state index in [1.54, 1.807) is 27.7 Å². The monoisotopic (exact) mass is 517 g/mol. The maximum atomic E-state index is 13.1. The Hall–Kier alpha value is -2.15. The van der Waals surface area contributed by atoms with Gasteiger partial charge < -0.3 is 25.4 Å². The van der Waals surface area contributed by atoms with Gasteiger partial charge >= 0.3 is 5.97 Å². The molecule has 1 aromatic carbocycles. The molecule has 210 valence electrons. The minimum Gasteiger partial charge on any atom is -0.461 e. The number of aliphatic hydroxyl groups excluding tert-OH is 3. The molecule has 0 aromatic heterocycles. The van der Waals surface area contributed by atoms with Crippen LogP contribution in [-0.4, -0.2) is 52.8 Å². The lowest BCUT2D eigenvalue weighted by Crippen LogP contribution is -2.51. The van der Waals surface area contributed by atoms with Crippen LogP contribution in [0.25, 0.3) is 0 Å². The molecular weight excluding hydrogens is 466 g/mol. The Kier molecular flexibility index (Phi) is 14.8. The highest BCUT2D eigenvalue weighted by atomic mass is 16.5. The Morgan fingerprint density at radius 3 is 2.22 bits per heavy atom. The molecule has 0 aliphatic carbocycles. The summed E-state index contributed by atoms with van der Waals surface area (Å²) in [6.07, 6.45) is 9.12. The van der Waals surface area contributed by atoms with Gasteiger partial charge in [-0.1, -0.05) is 96.4 Å². The van der Waals surface area contributed by atoms with Crippen molar-refractivity contribution in [3.8, 4) is 0 Å². The summed E-state index contributed by atoms with van der Waals surface area (Å²) in [5.74, 6) is -0.474. The predicted octanol–water partition coefficient (Wildman–Crippen LogP) is 5.32. The van der Waals surface area contributed by atoms with Crippen LogP contribution in [-0.2, 0) is 16.0 Å². The number of carbonyl (C=O) groups is 1. The largest absolute Gasteiger partial charge is 0.461 e. The third-order valence-electron chi connectivity index (χ3n) is 7.18. The van der Waals surface area contributed by atoms with E-state index < -0.39 is 35.0 Å². The minimum atomic E-state index is -1.11. The van der Waals surface area contributed by atoms with E-state index in [4.69, 9.17) is 4.74 Å². The third-order valence-corrected chi connectivity index (χ3v) is 7.18. The van der Waals surface area contributed by atoms with E-state index in [2.05, 4.69) is 18.5 Å². The van der Waals surface area contributed by atoms with Crippen LogP contribution in [0, 0.1) is 10.8 Å². The summed E-state index contributed by atoms with van der Waals surface area (Å²) in [7, 11) is 0. The summed E-state index contributed by atoms with van der Waals surface area (Å²) in [4.78, 5) is 13.1. The van der Waals surface area contributed by atoms with E-state index in [0.717, 1.165) is 36.9 Å². The van der Waals surface area contributed by atoms with E-state index in [1.807, 2.05) is 36.4 Å². The van der Waals surface area contributed by atoms with Crippen molar-refractivity contribution < 1.29 is 24.9 Å². The molecule has 6 nitrogen and oxygen atoms in total. The van der Waals surface area contributed by atoms with Crippen LogP contribution >= 0.6 is 0 Å². The van der Waals surface area contributed by atoms with Gasteiger partial charge in [-0.2, -0.15) is 0 Å². The zero-order valence-corrected chi connectivity index (χ0v) is 23.5. The van der Waals surface area contributed by atoms with Crippen LogP contribution in [0.5, 0.6) is 0 Å². The quantitative estimate of drug-likeness (QED) is 0.106. The number of hydrogen-bond donors (Lipinski definition) is 4. The van der Waals surface area contributed by atoms with Gasteiger partial charge in [0.1, 0.15) is 12.6 Å². The molecule has 3 unspecified atom stereocenters. The average molecular weight is 518 g/mol. The van der Waals surface area contributed by atoms with Crippen LogP contribution < -0.4 is 5.32 Å². The number of allylic oxidation sites excluding steroid dienone is 2. The van der Waals surface area contributed by atoms with Crippen molar-refractivity contribution in [3.05, 3.63) is 60.8 Å². The lowest BCUT2D eigenvalue weighted by molar-refractivity contribution is -0.160.